The summed E-state index contributed by atoms with van der Waals surface area (Å²) in [7, 11) is 0. The minimum atomic E-state index is -0.215. The Morgan fingerprint density at radius 1 is 1.26 bits per heavy atom. The Balaban J connectivity index is 2.01. The summed E-state index contributed by atoms with van der Waals surface area (Å²) in [6.45, 7) is 5.29. The Morgan fingerprint density at radius 3 is 2.81 bits per heavy atom. The van der Waals surface area contributed by atoms with Crippen LogP contribution >= 0.6 is 24.0 Å². The van der Waals surface area contributed by atoms with Crippen molar-refractivity contribution in [2.75, 3.05) is 18.4 Å². The molecule has 2 aromatic heterocycles. The molecule has 142 valence electrons. The molecule has 0 spiro atoms. The van der Waals surface area contributed by atoms with Crippen LogP contribution in [-0.2, 0) is 4.79 Å². The number of nitrogens with zero attached hydrogens (tertiary/aromatic N) is 3. The third-order valence-corrected chi connectivity index (χ3v) is 5.63. The summed E-state index contributed by atoms with van der Waals surface area (Å²) in [5.74, 6) is 0.339. The summed E-state index contributed by atoms with van der Waals surface area (Å²) in [6.07, 6.45) is 6.34. The first-order valence-corrected chi connectivity index (χ1v) is 10.3. The lowest BCUT2D eigenvalue weighted by molar-refractivity contribution is -0.122. The predicted molar refractivity (Wildman–Crippen MR) is 115 cm³/mol. The minimum Gasteiger partial charge on any atom is -0.370 e. The van der Waals surface area contributed by atoms with E-state index in [1.54, 1.807) is 29.3 Å². The van der Waals surface area contributed by atoms with Gasteiger partial charge in [-0.3, -0.25) is 18.9 Å². The zero-order chi connectivity index (χ0) is 19.4. The van der Waals surface area contributed by atoms with Crippen LogP contribution in [0.25, 0.3) is 11.7 Å². The van der Waals surface area contributed by atoms with Crippen LogP contribution in [0.2, 0.25) is 0 Å². The number of anilines is 1. The van der Waals surface area contributed by atoms with E-state index in [1.807, 2.05) is 13.0 Å². The van der Waals surface area contributed by atoms with E-state index in [0.29, 0.717) is 39.3 Å². The van der Waals surface area contributed by atoms with Crippen molar-refractivity contribution in [2.24, 2.45) is 0 Å². The van der Waals surface area contributed by atoms with Gasteiger partial charge < -0.3 is 5.32 Å². The Bertz CT molecular complexity index is 968. The van der Waals surface area contributed by atoms with Crippen molar-refractivity contribution in [3.05, 3.63) is 45.2 Å². The Labute approximate surface area is 167 Å². The summed E-state index contributed by atoms with van der Waals surface area (Å²) in [5.41, 5.74) is 0.713. The van der Waals surface area contributed by atoms with Crippen molar-refractivity contribution in [2.45, 2.75) is 33.1 Å². The van der Waals surface area contributed by atoms with E-state index in [0.717, 1.165) is 19.3 Å². The SMILES string of the molecule is CCCCCN1C(=O)C(=Cc2c(NCC)nc3ccccn3c2=O)SC1=S. The minimum absolute atomic E-state index is 0.138. The summed E-state index contributed by atoms with van der Waals surface area (Å²) in [6, 6.07) is 5.39. The highest BCUT2D eigenvalue weighted by molar-refractivity contribution is 8.26. The first kappa shape index (κ1) is 19.6. The fourth-order valence-corrected chi connectivity index (χ4v) is 4.17. The van der Waals surface area contributed by atoms with E-state index < -0.39 is 0 Å². The Morgan fingerprint density at radius 2 is 2.07 bits per heavy atom. The van der Waals surface area contributed by atoms with Crippen LogP contribution in [-0.4, -0.2) is 37.6 Å². The molecule has 1 amide bonds. The highest BCUT2D eigenvalue weighted by Crippen LogP contribution is 2.33. The van der Waals surface area contributed by atoms with E-state index in [9.17, 15) is 9.59 Å². The second-order valence-electron chi connectivity index (χ2n) is 6.18. The van der Waals surface area contributed by atoms with Gasteiger partial charge in [0.25, 0.3) is 11.5 Å². The molecular formula is C19H22N4O2S2. The predicted octanol–water partition coefficient (Wildman–Crippen LogP) is 3.52. The van der Waals surface area contributed by atoms with E-state index >= 15 is 0 Å². The lowest BCUT2D eigenvalue weighted by Gasteiger charge is -2.13. The average Bonchev–Trinajstić information content (AvgIpc) is 2.92. The molecule has 1 N–H and O–H groups in total. The fourth-order valence-electron chi connectivity index (χ4n) is 2.88. The van der Waals surface area contributed by atoms with Crippen LogP contribution in [0.4, 0.5) is 5.82 Å². The molecule has 2 aromatic rings. The normalized spacial score (nSPS) is 15.9. The highest BCUT2D eigenvalue weighted by atomic mass is 32.2. The topological polar surface area (TPSA) is 66.7 Å². The molecule has 0 aromatic carbocycles. The number of carbonyl (C=O) groups is 1. The zero-order valence-corrected chi connectivity index (χ0v) is 17.0. The van der Waals surface area contributed by atoms with Gasteiger partial charge in [-0.2, -0.15) is 0 Å². The molecule has 6 nitrogen and oxygen atoms in total. The lowest BCUT2D eigenvalue weighted by Crippen LogP contribution is -2.29. The van der Waals surface area contributed by atoms with Crippen LogP contribution in [0.15, 0.2) is 34.1 Å². The van der Waals surface area contributed by atoms with Gasteiger partial charge in [-0.25, -0.2) is 4.98 Å². The third kappa shape index (κ3) is 4.06. The second kappa shape index (κ2) is 8.67. The van der Waals surface area contributed by atoms with Crippen LogP contribution in [0.3, 0.4) is 0 Å². The van der Waals surface area contributed by atoms with Crippen molar-refractivity contribution >= 4 is 51.7 Å². The Kier molecular flexibility index (Phi) is 6.28. The van der Waals surface area contributed by atoms with Gasteiger partial charge >= 0.3 is 0 Å². The van der Waals surface area contributed by atoms with Crippen LogP contribution in [0, 0.1) is 0 Å². The van der Waals surface area contributed by atoms with Crippen molar-refractivity contribution in [3.8, 4) is 0 Å². The zero-order valence-electron chi connectivity index (χ0n) is 15.4. The van der Waals surface area contributed by atoms with Gasteiger partial charge in [0, 0.05) is 19.3 Å². The van der Waals surface area contributed by atoms with Gasteiger partial charge in [-0.05, 0) is 31.6 Å². The summed E-state index contributed by atoms with van der Waals surface area (Å²) in [4.78, 5) is 32.3. The van der Waals surface area contributed by atoms with Gasteiger partial charge in [-0.15, -0.1) is 0 Å². The Hall–Kier alpha value is -2.19. The molecule has 3 rings (SSSR count). The van der Waals surface area contributed by atoms with E-state index in [1.165, 1.54) is 16.2 Å². The van der Waals surface area contributed by atoms with Crippen LogP contribution < -0.4 is 10.9 Å². The maximum Gasteiger partial charge on any atom is 0.267 e. The van der Waals surface area contributed by atoms with Gasteiger partial charge in [0.2, 0.25) is 0 Å². The number of thioether (sulfide) groups is 1. The number of fused-ring (bicyclic) bond motifs is 1. The number of carbonyl (C=O) groups excluding carboxylic acids is 1. The molecule has 0 aliphatic carbocycles. The molecular weight excluding hydrogens is 380 g/mol. The van der Waals surface area contributed by atoms with Crippen molar-refractivity contribution in [1.82, 2.24) is 14.3 Å². The molecule has 0 saturated carbocycles. The summed E-state index contributed by atoms with van der Waals surface area (Å²) in [5, 5.41) is 3.13. The molecule has 8 heteroatoms. The number of rotatable bonds is 7. The molecule has 27 heavy (non-hydrogen) atoms. The number of unbranched alkanes of at least 4 members (excludes halogenated alkanes) is 2. The van der Waals surface area contributed by atoms with Gasteiger partial charge in [0.15, 0.2) is 0 Å². The quantitative estimate of drug-likeness (QED) is 0.434. The second-order valence-corrected chi connectivity index (χ2v) is 7.85. The van der Waals surface area contributed by atoms with Crippen molar-refractivity contribution in [1.29, 1.82) is 0 Å². The smallest absolute Gasteiger partial charge is 0.267 e. The monoisotopic (exact) mass is 402 g/mol. The fraction of sp³-hybridized carbons (Fsp3) is 0.368. The molecule has 3 heterocycles. The highest BCUT2D eigenvalue weighted by Gasteiger charge is 2.32. The van der Waals surface area contributed by atoms with Crippen molar-refractivity contribution in [3.63, 3.8) is 0 Å². The van der Waals surface area contributed by atoms with Gasteiger partial charge in [0.1, 0.15) is 15.8 Å². The van der Waals surface area contributed by atoms with E-state index in [4.69, 9.17) is 12.2 Å². The standard InChI is InChI=1S/C19H22N4O2S2/c1-3-5-7-11-23-18(25)14(27-19(23)26)12-13-16(20-4-2)21-15-9-6-8-10-22(15)17(13)24/h6,8-10,12,20H,3-5,7,11H2,1-2H3. The van der Waals surface area contributed by atoms with Crippen molar-refractivity contribution < 1.29 is 4.79 Å². The number of pyridine rings is 1. The van der Waals surface area contributed by atoms with E-state index in [2.05, 4.69) is 17.2 Å². The van der Waals surface area contributed by atoms with Gasteiger partial charge in [-0.1, -0.05) is 49.8 Å². The number of amides is 1. The summed E-state index contributed by atoms with van der Waals surface area (Å²) >= 11 is 6.61. The van der Waals surface area contributed by atoms with Crippen LogP contribution in [0.1, 0.15) is 38.7 Å². The molecule has 1 aliphatic rings. The first-order chi connectivity index (χ1) is 13.1. The molecule has 1 aliphatic heterocycles. The molecule has 1 saturated heterocycles. The largest absolute Gasteiger partial charge is 0.370 e. The number of hydrogen-bond donors (Lipinski definition) is 1. The summed E-state index contributed by atoms with van der Waals surface area (Å²) < 4.78 is 2.02. The maximum atomic E-state index is 13.0. The third-order valence-electron chi connectivity index (χ3n) is 4.25. The maximum absolute atomic E-state index is 13.0. The molecule has 0 bridgehead atoms. The number of hydrogen-bond acceptors (Lipinski definition) is 6. The molecule has 1 fully saturated rings. The molecule has 0 radical (unpaired) electrons. The van der Waals surface area contributed by atoms with E-state index in [-0.39, 0.29) is 11.5 Å². The number of thiocarbonyl (C=S) groups is 1. The molecule has 0 unspecified atom stereocenters. The lowest BCUT2D eigenvalue weighted by atomic mass is 10.2. The van der Waals surface area contributed by atoms with Crippen LogP contribution in [0.5, 0.6) is 0 Å². The van der Waals surface area contributed by atoms with Gasteiger partial charge in [0.05, 0.1) is 10.5 Å². The first-order valence-electron chi connectivity index (χ1n) is 9.07. The molecule has 0 atom stereocenters. The number of nitrogens with one attached hydrogen (secondary N) is 1. The number of aromatic nitrogens is 2. The average molecular weight is 403 g/mol.